The highest BCUT2D eigenvalue weighted by Crippen LogP contribution is 2.30. The molecule has 96 valence electrons. The molecule has 0 atom stereocenters. The van der Waals surface area contributed by atoms with Crippen molar-refractivity contribution in [1.29, 1.82) is 0 Å². The Kier molecular flexibility index (Phi) is 3.86. The van der Waals surface area contributed by atoms with Gasteiger partial charge in [0.2, 0.25) is 0 Å². The van der Waals surface area contributed by atoms with Crippen molar-refractivity contribution in [2.45, 2.75) is 4.21 Å². The van der Waals surface area contributed by atoms with Crippen LogP contribution in [-0.4, -0.2) is 8.42 Å². The molecule has 0 unspecified atom stereocenters. The van der Waals surface area contributed by atoms with Gasteiger partial charge in [0.1, 0.15) is 0 Å². The number of anilines is 2. The molecular weight excluding hydrogens is 360 g/mol. The highest BCUT2D eigenvalue weighted by molar-refractivity contribution is 9.10. The van der Waals surface area contributed by atoms with Crippen molar-refractivity contribution in [3.8, 4) is 0 Å². The van der Waals surface area contributed by atoms with Crippen molar-refractivity contribution in [3.05, 3.63) is 39.1 Å². The summed E-state index contributed by atoms with van der Waals surface area (Å²) in [6.07, 6.45) is 0. The van der Waals surface area contributed by atoms with Gasteiger partial charge in [0.05, 0.1) is 16.4 Å². The molecule has 4 nitrogen and oxygen atoms in total. The van der Waals surface area contributed by atoms with E-state index in [2.05, 4.69) is 20.7 Å². The SMILES string of the molecule is Nc1ccc(NS(=O)(=O)c2sccc2Br)cc1Cl. The summed E-state index contributed by atoms with van der Waals surface area (Å²) in [7, 11) is -3.61. The van der Waals surface area contributed by atoms with Crippen LogP contribution < -0.4 is 10.5 Å². The summed E-state index contributed by atoms with van der Waals surface area (Å²) in [6.45, 7) is 0. The van der Waals surface area contributed by atoms with Gasteiger partial charge in [0.15, 0.2) is 4.21 Å². The fraction of sp³-hybridized carbons (Fsp3) is 0. The molecule has 0 aliphatic carbocycles. The normalized spacial score (nSPS) is 11.4. The molecule has 0 aliphatic rings. The molecule has 3 N–H and O–H groups in total. The monoisotopic (exact) mass is 366 g/mol. The Bertz CT molecular complexity index is 685. The van der Waals surface area contributed by atoms with Crippen molar-refractivity contribution >= 4 is 60.3 Å². The number of nitrogens with two attached hydrogens (primary N) is 1. The first-order chi connectivity index (χ1) is 8.40. The minimum absolute atomic E-state index is 0.218. The Morgan fingerprint density at radius 3 is 2.61 bits per heavy atom. The summed E-state index contributed by atoms with van der Waals surface area (Å²) < 4.78 is 27.3. The largest absolute Gasteiger partial charge is 0.398 e. The highest BCUT2D eigenvalue weighted by Gasteiger charge is 2.19. The van der Waals surface area contributed by atoms with Crippen molar-refractivity contribution < 1.29 is 8.42 Å². The number of hydrogen-bond acceptors (Lipinski definition) is 4. The van der Waals surface area contributed by atoms with E-state index in [-0.39, 0.29) is 4.21 Å². The van der Waals surface area contributed by atoms with Gasteiger partial charge in [-0.05, 0) is 45.6 Å². The van der Waals surface area contributed by atoms with E-state index in [0.29, 0.717) is 20.9 Å². The Labute approximate surface area is 122 Å². The van der Waals surface area contributed by atoms with Crippen molar-refractivity contribution in [3.63, 3.8) is 0 Å². The van der Waals surface area contributed by atoms with Crippen LogP contribution in [0.2, 0.25) is 5.02 Å². The summed E-state index contributed by atoms with van der Waals surface area (Å²) in [6, 6.07) is 6.25. The van der Waals surface area contributed by atoms with E-state index in [9.17, 15) is 8.42 Å². The maximum absolute atomic E-state index is 12.1. The molecule has 2 rings (SSSR count). The number of nitrogen functional groups attached to an aromatic ring is 1. The standard InChI is InChI=1S/C10H8BrClN2O2S2/c11-7-3-4-17-10(7)18(15,16)14-6-1-2-9(13)8(12)5-6/h1-5,14H,13H2. The predicted molar refractivity (Wildman–Crippen MR) is 78.7 cm³/mol. The lowest BCUT2D eigenvalue weighted by Gasteiger charge is -2.08. The topological polar surface area (TPSA) is 72.2 Å². The Morgan fingerprint density at radius 2 is 2.06 bits per heavy atom. The Morgan fingerprint density at radius 1 is 1.33 bits per heavy atom. The van der Waals surface area contributed by atoms with Crippen LogP contribution in [0.3, 0.4) is 0 Å². The fourth-order valence-electron chi connectivity index (χ4n) is 1.26. The van der Waals surface area contributed by atoms with E-state index < -0.39 is 10.0 Å². The van der Waals surface area contributed by atoms with Crippen LogP contribution in [0.15, 0.2) is 38.3 Å². The maximum Gasteiger partial charge on any atom is 0.272 e. The van der Waals surface area contributed by atoms with E-state index in [4.69, 9.17) is 17.3 Å². The summed E-state index contributed by atoms with van der Waals surface area (Å²) in [5, 5.41) is 2.00. The predicted octanol–water partition coefficient (Wildman–Crippen LogP) is 3.55. The molecule has 8 heteroatoms. The van der Waals surface area contributed by atoms with Crippen LogP contribution in [0, 0.1) is 0 Å². The summed E-state index contributed by atoms with van der Waals surface area (Å²) >= 11 is 10.1. The molecule has 2 aromatic rings. The number of nitrogens with one attached hydrogen (secondary N) is 1. The molecule has 18 heavy (non-hydrogen) atoms. The third-order valence-electron chi connectivity index (χ3n) is 2.08. The molecule has 0 amide bonds. The quantitative estimate of drug-likeness (QED) is 0.815. The van der Waals surface area contributed by atoms with Gasteiger partial charge in [-0.15, -0.1) is 11.3 Å². The van der Waals surface area contributed by atoms with Crippen molar-refractivity contribution in [2.75, 3.05) is 10.5 Å². The van der Waals surface area contributed by atoms with Gasteiger partial charge < -0.3 is 5.73 Å². The number of hydrogen-bond donors (Lipinski definition) is 2. The molecular formula is C10H8BrClN2O2S2. The first kappa shape index (κ1) is 13.7. The van der Waals surface area contributed by atoms with E-state index in [1.165, 1.54) is 6.07 Å². The lowest BCUT2D eigenvalue weighted by Crippen LogP contribution is -2.12. The minimum Gasteiger partial charge on any atom is -0.398 e. The molecule has 1 aromatic heterocycles. The molecule has 1 heterocycles. The van der Waals surface area contributed by atoms with Gasteiger partial charge in [-0.2, -0.15) is 0 Å². The lowest BCUT2D eigenvalue weighted by molar-refractivity contribution is 0.603. The third-order valence-corrected chi connectivity index (χ3v) is 6.46. The van der Waals surface area contributed by atoms with Crippen LogP contribution in [0.4, 0.5) is 11.4 Å². The van der Waals surface area contributed by atoms with Crippen molar-refractivity contribution in [2.24, 2.45) is 0 Å². The average Bonchev–Trinajstić information content (AvgIpc) is 2.70. The third kappa shape index (κ3) is 2.80. The van der Waals surface area contributed by atoms with Gasteiger partial charge in [-0.1, -0.05) is 11.6 Å². The lowest BCUT2D eigenvalue weighted by atomic mass is 10.3. The number of thiophene rings is 1. The van der Waals surface area contributed by atoms with Gasteiger partial charge in [0, 0.05) is 4.47 Å². The second-order valence-electron chi connectivity index (χ2n) is 3.40. The molecule has 1 aromatic carbocycles. The van der Waals surface area contributed by atoms with Crippen LogP contribution in [0.25, 0.3) is 0 Å². The van der Waals surface area contributed by atoms with Crippen LogP contribution in [0.5, 0.6) is 0 Å². The van der Waals surface area contributed by atoms with E-state index in [1.54, 1.807) is 23.6 Å². The van der Waals surface area contributed by atoms with Gasteiger partial charge in [-0.25, -0.2) is 8.42 Å². The molecule has 0 spiro atoms. The second kappa shape index (κ2) is 5.08. The van der Waals surface area contributed by atoms with E-state index in [1.807, 2.05) is 0 Å². The Hall–Kier alpha value is -0.760. The van der Waals surface area contributed by atoms with Gasteiger partial charge in [-0.3, -0.25) is 4.72 Å². The summed E-state index contributed by atoms with van der Waals surface area (Å²) in [5.74, 6) is 0. The van der Waals surface area contributed by atoms with Gasteiger partial charge >= 0.3 is 0 Å². The number of halogens is 2. The molecule has 0 bridgehead atoms. The van der Waals surface area contributed by atoms with E-state index >= 15 is 0 Å². The molecule has 0 aliphatic heterocycles. The molecule has 0 fully saturated rings. The van der Waals surface area contributed by atoms with E-state index in [0.717, 1.165) is 11.3 Å². The first-order valence-electron chi connectivity index (χ1n) is 4.71. The highest BCUT2D eigenvalue weighted by atomic mass is 79.9. The fourth-order valence-corrected chi connectivity index (χ4v) is 4.83. The van der Waals surface area contributed by atoms with Crippen LogP contribution in [-0.2, 0) is 10.0 Å². The zero-order chi connectivity index (χ0) is 13.3. The molecule has 0 saturated carbocycles. The number of benzene rings is 1. The number of sulfonamides is 1. The molecule has 0 radical (unpaired) electrons. The first-order valence-corrected chi connectivity index (χ1v) is 8.24. The summed E-state index contributed by atoms with van der Waals surface area (Å²) in [5.41, 5.74) is 6.33. The second-order valence-corrected chi connectivity index (χ2v) is 7.45. The molecule has 0 saturated heterocycles. The maximum atomic E-state index is 12.1. The Balaban J connectivity index is 2.34. The smallest absolute Gasteiger partial charge is 0.272 e. The van der Waals surface area contributed by atoms with Crippen LogP contribution in [0.1, 0.15) is 0 Å². The summed E-state index contributed by atoms with van der Waals surface area (Å²) in [4.78, 5) is 0. The number of rotatable bonds is 3. The zero-order valence-corrected chi connectivity index (χ0v) is 12.8. The van der Waals surface area contributed by atoms with Crippen molar-refractivity contribution in [1.82, 2.24) is 0 Å². The average molecular weight is 368 g/mol. The van der Waals surface area contributed by atoms with Gasteiger partial charge in [0.25, 0.3) is 10.0 Å². The minimum atomic E-state index is -3.61. The zero-order valence-electron chi connectivity index (χ0n) is 8.85. The van der Waals surface area contributed by atoms with Crippen LogP contribution >= 0.6 is 38.9 Å².